The third kappa shape index (κ3) is 5.04. The molecule has 0 unspecified atom stereocenters. The van der Waals surface area contributed by atoms with Crippen LogP contribution in [0.4, 0.5) is 0 Å². The molecule has 0 heterocycles. The number of benzene rings is 1. The monoisotopic (exact) mass is 301 g/mol. The first-order chi connectivity index (χ1) is 8.81. The van der Waals surface area contributed by atoms with Crippen molar-refractivity contribution in [1.82, 2.24) is 4.90 Å². The van der Waals surface area contributed by atoms with Crippen LogP contribution in [0.5, 0.6) is 0 Å². The predicted molar refractivity (Wildman–Crippen MR) is 82.0 cm³/mol. The van der Waals surface area contributed by atoms with Crippen molar-refractivity contribution in [2.75, 3.05) is 13.1 Å². The molecule has 0 aliphatic rings. The minimum absolute atomic E-state index is 0.0240. The van der Waals surface area contributed by atoms with Gasteiger partial charge in [0.25, 0.3) is 5.91 Å². The Hall–Kier alpha value is -0.730. The highest BCUT2D eigenvalue weighted by Crippen LogP contribution is 2.23. The molecular weight excluding hydrogens is 281 g/mol. The Bertz CT molecular complexity index is 434. The van der Waals surface area contributed by atoms with Crippen molar-refractivity contribution < 1.29 is 4.79 Å². The van der Waals surface area contributed by atoms with Crippen LogP contribution in [-0.4, -0.2) is 23.9 Å². The fourth-order valence-electron chi connectivity index (χ4n) is 1.96. The van der Waals surface area contributed by atoms with E-state index in [4.69, 9.17) is 23.2 Å². The lowest BCUT2D eigenvalue weighted by Gasteiger charge is -2.26. The van der Waals surface area contributed by atoms with Gasteiger partial charge in [-0.2, -0.15) is 0 Å². The van der Waals surface area contributed by atoms with Crippen molar-refractivity contribution in [3.8, 4) is 0 Å². The number of hydrogen-bond acceptors (Lipinski definition) is 1. The van der Waals surface area contributed by atoms with Crippen molar-refractivity contribution in [3.05, 3.63) is 33.8 Å². The maximum atomic E-state index is 12.5. The van der Waals surface area contributed by atoms with Crippen LogP contribution < -0.4 is 0 Å². The Morgan fingerprint density at radius 2 is 1.63 bits per heavy atom. The lowest BCUT2D eigenvalue weighted by Crippen LogP contribution is -2.37. The zero-order valence-electron chi connectivity index (χ0n) is 11.9. The second kappa shape index (κ2) is 7.16. The largest absolute Gasteiger partial charge is 0.338 e. The second-order valence-corrected chi connectivity index (χ2v) is 6.47. The molecule has 0 saturated carbocycles. The Morgan fingerprint density at radius 1 is 1.11 bits per heavy atom. The van der Waals surface area contributed by atoms with Gasteiger partial charge in [-0.3, -0.25) is 4.79 Å². The van der Waals surface area contributed by atoms with E-state index in [1.165, 1.54) is 0 Å². The van der Waals surface area contributed by atoms with Crippen LogP contribution in [0, 0.1) is 11.8 Å². The van der Waals surface area contributed by atoms with E-state index in [0.29, 0.717) is 27.4 Å². The van der Waals surface area contributed by atoms with Crippen LogP contribution >= 0.6 is 23.2 Å². The summed E-state index contributed by atoms with van der Waals surface area (Å²) in [6.45, 7) is 9.87. The number of carbonyl (C=O) groups is 1. The number of nitrogens with zero attached hydrogens (tertiary/aromatic N) is 1. The van der Waals surface area contributed by atoms with Crippen LogP contribution in [0.15, 0.2) is 18.2 Å². The summed E-state index contributed by atoms with van der Waals surface area (Å²) in [5.74, 6) is 0.826. The lowest BCUT2D eigenvalue weighted by molar-refractivity contribution is 0.0715. The van der Waals surface area contributed by atoms with Crippen LogP contribution in [0.25, 0.3) is 0 Å². The summed E-state index contributed by atoms with van der Waals surface area (Å²) in [7, 11) is 0. The van der Waals surface area contributed by atoms with E-state index in [-0.39, 0.29) is 5.91 Å². The highest BCUT2D eigenvalue weighted by Gasteiger charge is 2.20. The number of carbonyl (C=O) groups excluding carboxylic acids is 1. The van der Waals surface area contributed by atoms with Gasteiger partial charge in [0.15, 0.2) is 0 Å². The van der Waals surface area contributed by atoms with E-state index in [1.807, 2.05) is 4.90 Å². The SMILES string of the molecule is CC(C)CN(CC(C)C)C(=O)c1ccc(Cl)cc1Cl. The molecule has 1 amide bonds. The third-order valence-electron chi connectivity index (χ3n) is 2.62. The third-order valence-corrected chi connectivity index (χ3v) is 3.17. The molecule has 0 spiro atoms. The molecular formula is C15H21Cl2NO. The van der Waals surface area contributed by atoms with E-state index in [9.17, 15) is 4.79 Å². The molecule has 0 atom stereocenters. The summed E-state index contributed by atoms with van der Waals surface area (Å²) < 4.78 is 0. The van der Waals surface area contributed by atoms with Crippen molar-refractivity contribution in [1.29, 1.82) is 0 Å². The van der Waals surface area contributed by atoms with Crippen LogP contribution in [0.2, 0.25) is 10.0 Å². The molecule has 19 heavy (non-hydrogen) atoms. The molecule has 0 fully saturated rings. The second-order valence-electron chi connectivity index (χ2n) is 5.62. The van der Waals surface area contributed by atoms with Gasteiger partial charge in [-0.15, -0.1) is 0 Å². The molecule has 0 saturated heterocycles. The first kappa shape index (κ1) is 16.3. The summed E-state index contributed by atoms with van der Waals surface area (Å²) in [5.41, 5.74) is 0.521. The number of amides is 1. The molecule has 4 heteroatoms. The number of hydrogen-bond donors (Lipinski definition) is 0. The fourth-order valence-corrected chi connectivity index (χ4v) is 2.44. The molecule has 0 aromatic heterocycles. The molecule has 0 aliphatic carbocycles. The van der Waals surface area contributed by atoms with Crippen molar-refractivity contribution in [2.24, 2.45) is 11.8 Å². The van der Waals surface area contributed by atoms with Gasteiger partial charge in [0.2, 0.25) is 0 Å². The van der Waals surface area contributed by atoms with Crippen LogP contribution in [0.1, 0.15) is 38.1 Å². The molecule has 0 N–H and O–H groups in total. The van der Waals surface area contributed by atoms with E-state index in [0.717, 1.165) is 13.1 Å². The van der Waals surface area contributed by atoms with Gasteiger partial charge in [-0.25, -0.2) is 0 Å². The summed E-state index contributed by atoms with van der Waals surface area (Å²) in [6.07, 6.45) is 0. The summed E-state index contributed by atoms with van der Waals surface area (Å²) in [4.78, 5) is 14.4. The molecule has 0 bridgehead atoms. The van der Waals surface area contributed by atoms with Crippen LogP contribution in [-0.2, 0) is 0 Å². The van der Waals surface area contributed by atoms with E-state index >= 15 is 0 Å². The maximum absolute atomic E-state index is 12.5. The van der Waals surface area contributed by atoms with Gasteiger partial charge in [0.05, 0.1) is 10.6 Å². The average molecular weight is 302 g/mol. The molecule has 1 aromatic carbocycles. The van der Waals surface area contributed by atoms with Crippen molar-refractivity contribution >= 4 is 29.1 Å². The summed E-state index contributed by atoms with van der Waals surface area (Å²) >= 11 is 12.0. The Kier molecular flexibility index (Phi) is 6.15. The summed E-state index contributed by atoms with van der Waals surface area (Å²) in [6, 6.07) is 5.00. The number of halogens is 2. The normalized spacial score (nSPS) is 11.2. The highest BCUT2D eigenvalue weighted by molar-refractivity contribution is 6.36. The van der Waals surface area contributed by atoms with E-state index in [2.05, 4.69) is 27.7 Å². The van der Waals surface area contributed by atoms with Gasteiger partial charge in [0, 0.05) is 18.1 Å². The minimum Gasteiger partial charge on any atom is -0.338 e. The molecule has 0 radical (unpaired) electrons. The van der Waals surface area contributed by atoms with Gasteiger partial charge in [-0.05, 0) is 30.0 Å². The first-order valence-corrected chi connectivity index (χ1v) is 7.31. The zero-order chi connectivity index (χ0) is 14.6. The van der Waals surface area contributed by atoms with Gasteiger partial charge in [-0.1, -0.05) is 50.9 Å². The maximum Gasteiger partial charge on any atom is 0.255 e. The highest BCUT2D eigenvalue weighted by atomic mass is 35.5. The van der Waals surface area contributed by atoms with Gasteiger partial charge in [0.1, 0.15) is 0 Å². The van der Waals surface area contributed by atoms with Gasteiger partial charge < -0.3 is 4.90 Å². The Balaban J connectivity index is 2.97. The molecule has 0 aliphatic heterocycles. The topological polar surface area (TPSA) is 20.3 Å². The standard InChI is InChI=1S/C15H21Cl2NO/c1-10(2)8-18(9-11(3)4)15(19)13-6-5-12(16)7-14(13)17/h5-7,10-11H,8-9H2,1-4H3. The molecule has 2 nitrogen and oxygen atoms in total. The quantitative estimate of drug-likeness (QED) is 0.768. The molecule has 1 aromatic rings. The number of rotatable bonds is 5. The van der Waals surface area contributed by atoms with Crippen molar-refractivity contribution in [3.63, 3.8) is 0 Å². The summed E-state index contributed by atoms with van der Waals surface area (Å²) in [5, 5.41) is 0.954. The smallest absolute Gasteiger partial charge is 0.255 e. The van der Waals surface area contributed by atoms with Crippen molar-refractivity contribution in [2.45, 2.75) is 27.7 Å². The van der Waals surface area contributed by atoms with E-state index in [1.54, 1.807) is 18.2 Å². The first-order valence-electron chi connectivity index (χ1n) is 6.55. The minimum atomic E-state index is -0.0240. The van der Waals surface area contributed by atoms with Crippen LogP contribution in [0.3, 0.4) is 0 Å². The molecule has 1 rings (SSSR count). The van der Waals surface area contributed by atoms with E-state index < -0.39 is 0 Å². The zero-order valence-corrected chi connectivity index (χ0v) is 13.4. The Labute approximate surface area is 125 Å². The molecule has 106 valence electrons. The van der Waals surface area contributed by atoms with Gasteiger partial charge >= 0.3 is 0 Å². The predicted octanol–water partition coefficient (Wildman–Crippen LogP) is 4.75. The fraction of sp³-hybridized carbons (Fsp3) is 0.533. The average Bonchev–Trinajstić information content (AvgIpc) is 2.26. The Morgan fingerprint density at radius 3 is 2.05 bits per heavy atom. The lowest BCUT2D eigenvalue weighted by atomic mass is 10.1.